The topological polar surface area (TPSA) is 37.3 Å². The van der Waals surface area contributed by atoms with Crippen LogP contribution in [0.1, 0.15) is 51.0 Å². The predicted octanol–water partition coefficient (Wildman–Crippen LogP) is 3.13. The lowest BCUT2D eigenvalue weighted by atomic mass is 9.79. The summed E-state index contributed by atoms with van der Waals surface area (Å²) in [4.78, 5) is 13.1. The van der Waals surface area contributed by atoms with Crippen molar-refractivity contribution < 1.29 is 14.4 Å². The van der Waals surface area contributed by atoms with E-state index in [-0.39, 0.29) is 24.2 Å². The van der Waals surface area contributed by atoms with Crippen molar-refractivity contribution in [2.45, 2.75) is 63.6 Å². The lowest BCUT2D eigenvalue weighted by Crippen LogP contribution is -2.62. The molecule has 2 bridgehead atoms. The van der Waals surface area contributed by atoms with Crippen LogP contribution in [0.5, 0.6) is 0 Å². The third-order valence-electron chi connectivity index (χ3n) is 6.76. The van der Waals surface area contributed by atoms with Crippen LogP contribution >= 0.6 is 0 Å². The summed E-state index contributed by atoms with van der Waals surface area (Å²) in [6.07, 6.45) is 4.48. The number of aliphatic hydroxyl groups excluding tert-OH is 1. The summed E-state index contributed by atoms with van der Waals surface area (Å²) in [5, 5.41) is 9.79. The molecule has 1 N–H and O–H groups in total. The van der Waals surface area contributed by atoms with E-state index >= 15 is 0 Å². The van der Waals surface area contributed by atoms with Crippen LogP contribution in [0, 0.1) is 5.92 Å². The number of hydrogen-bond donors (Lipinski definition) is 1. The Morgan fingerprint density at radius 3 is 2.22 bits per heavy atom. The second-order valence-electron chi connectivity index (χ2n) is 7.92. The summed E-state index contributed by atoms with van der Waals surface area (Å²) in [5.74, 6) is 0.0249. The van der Waals surface area contributed by atoms with Gasteiger partial charge < -0.3 is 9.59 Å². The van der Waals surface area contributed by atoms with Gasteiger partial charge in [-0.05, 0) is 19.4 Å². The van der Waals surface area contributed by atoms with E-state index in [1.54, 1.807) is 0 Å². The highest BCUT2D eigenvalue weighted by atomic mass is 16.3. The molecule has 0 amide bonds. The molecule has 0 radical (unpaired) electrons. The number of carbonyl (C=O) groups is 1. The number of piperidine rings is 1. The molecule has 126 valence electrons. The van der Waals surface area contributed by atoms with Crippen LogP contribution in [0.4, 0.5) is 0 Å². The first-order valence-electron chi connectivity index (χ1n) is 9.03. The maximum absolute atomic E-state index is 13.1. The molecule has 0 aromatic heterocycles. The van der Waals surface area contributed by atoms with E-state index in [2.05, 4.69) is 20.9 Å². The van der Waals surface area contributed by atoms with Gasteiger partial charge in [-0.2, -0.15) is 0 Å². The van der Waals surface area contributed by atoms with Gasteiger partial charge >= 0.3 is 0 Å². The van der Waals surface area contributed by atoms with Gasteiger partial charge in [0.2, 0.25) is 0 Å². The lowest BCUT2D eigenvalue weighted by Gasteiger charge is -2.50. The Labute approximate surface area is 139 Å². The zero-order valence-electron chi connectivity index (χ0n) is 14.6. The van der Waals surface area contributed by atoms with Crippen molar-refractivity contribution >= 4 is 5.78 Å². The number of hydrogen-bond acceptors (Lipinski definition) is 2. The van der Waals surface area contributed by atoms with Crippen molar-refractivity contribution in [2.75, 3.05) is 13.7 Å². The van der Waals surface area contributed by atoms with Crippen molar-refractivity contribution in [3.8, 4) is 0 Å². The summed E-state index contributed by atoms with van der Waals surface area (Å²) in [6, 6.07) is 11.6. The van der Waals surface area contributed by atoms with Crippen LogP contribution in [0.2, 0.25) is 0 Å². The maximum atomic E-state index is 13.1. The molecule has 0 spiro atoms. The van der Waals surface area contributed by atoms with E-state index in [9.17, 15) is 9.90 Å². The molecule has 3 nitrogen and oxygen atoms in total. The van der Waals surface area contributed by atoms with Crippen LogP contribution in [-0.4, -0.2) is 47.2 Å². The summed E-state index contributed by atoms with van der Waals surface area (Å²) in [6.45, 7) is 4.55. The first kappa shape index (κ1) is 16.7. The normalized spacial score (nSPS) is 34.6. The number of aliphatic hydroxyl groups is 1. The summed E-state index contributed by atoms with van der Waals surface area (Å²) in [7, 11) is 2.38. The van der Waals surface area contributed by atoms with E-state index < -0.39 is 0 Å². The molecule has 2 aliphatic heterocycles. The number of benzene rings is 1. The molecule has 2 saturated heterocycles. The molecule has 1 aromatic carbocycles. The first-order valence-corrected chi connectivity index (χ1v) is 9.03. The van der Waals surface area contributed by atoms with Crippen LogP contribution in [-0.2, 0) is 4.79 Å². The van der Waals surface area contributed by atoms with E-state index in [4.69, 9.17) is 0 Å². The zero-order valence-corrected chi connectivity index (χ0v) is 14.6. The fourth-order valence-electron chi connectivity index (χ4n) is 5.09. The van der Waals surface area contributed by atoms with Gasteiger partial charge in [-0.1, -0.05) is 30.3 Å². The smallest absolute Gasteiger partial charge is 0.146 e. The Hall–Kier alpha value is -1.19. The third kappa shape index (κ3) is 2.74. The molecule has 2 fully saturated rings. The van der Waals surface area contributed by atoms with Crippen molar-refractivity contribution in [1.29, 1.82) is 0 Å². The molecule has 0 aliphatic carbocycles. The average Bonchev–Trinajstić information content (AvgIpc) is 2.75. The van der Waals surface area contributed by atoms with Gasteiger partial charge in [0.15, 0.2) is 0 Å². The number of carbonyl (C=O) groups excluding carboxylic acids is 1. The lowest BCUT2D eigenvalue weighted by molar-refractivity contribution is -0.968. The molecule has 1 aromatic rings. The minimum Gasteiger partial charge on any atom is -0.395 e. The van der Waals surface area contributed by atoms with Gasteiger partial charge in [-0.25, -0.2) is 0 Å². The third-order valence-corrected chi connectivity index (χ3v) is 6.76. The van der Waals surface area contributed by atoms with E-state index in [1.807, 2.05) is 30.3 Å². The minimum absolute atomic E-state index is 0.0784. The zero-order chi connectivity index (χ0) is 16.6. The Kier molecular flexibility index (Phi) is 4.61. The number of rotatable bonds is 5. The second-order valence-corrected chi connectivity index (χ2v) is 7.92. The van der Waals surface area contributed by atoms with Crippen molar-refractivity contribution in [3.05, 3.63) is 35.9 Å². The number of nitrogens with zero attached hydrogens (tertiary/aromatic N) is 1. The van der Waals surface area contributed by atoms with Gasteiger partial charge in [0.05, 0.1) is 37.7 Å². The Morgan fingerprint density at radius 1 is 1.17 bits per heavy atom. The Morgan fingerprint density at radius 2 is 1.74 bits per heavy atom. The Bertz CT molecular complexity index is 540. The molecule has 0 saturated carbocycles. The number of Topliss-reactive ketones (excluding diaryl/α,β-unsaturated/α-hetero) is 1. The fraction of sp³-hybridized carbons (Fsp3) is 0.650. The first-order chi connectivity index (χ1) is 11.0. The molecule has 3 atom stereocenters. The highest BCUT2D eigenvalue weighted by Gasteiger charge is 2.54. The van der Waals surface area contributed by atoms with Crippen molar-refractivity contribution in [1.82, 2.24) is 0 Å². The predicted molar refractivity (Wildman–Crippen MR) is 92.1 cm³/mol. The minimum atomic E-state index is -0.350. The Balaban J connectivity index is 1.78. The molecule has 23 heavy (non-hydrogen) atoms. The molecular formula is C20H30NO2+. The molecule has 3 unspecified atom stereocenters. The summed E-state index contributed by atoms with van der Waals surface area (Å²) < 4.78 is 1.14. The average molecular weight is 316 g/mol. The molecule has 2 heterocycles. The molecule has 3 rings (SSSR count). The quantitative estimate of drug-likeness (QED) is 0.848. The van der Waals surface area contributed by atoms with Crippen LogP contribution in [0.3, 0.4) is 0 Å². The van der Waals surface area contributed by atoms with Gasteiger partial charge in [-0.15, -0.1) is 0 Å². The van der Waals surface area contributed by atoms with Crippen LogP contribution in [0.15, 0.2) is 30.3 Å². The van der Waals surface area contributed by atoms with Crippen molar-refractivity contribution in [2.24, 2.45) is 5.92 Å². The number of fused-ring (bicyclic) bond motifs is 2. The molecule has 2 aliphatic rings. The number of ketones is 1. The van der Waals surface area contributed by atoms with Gasteiger partial charge in [0, 0.05) is 31.6 Å². The molecule has 3 heteroatoms. The van der Waals surface area contributed by atoms with Crippen molar-refractivity contribution in [3.63, 3.8) is 0 Å². The largest absolute Gasteiger partial charge is 0.395 e. The van der Waals surface area contributed by atoms with Crippen LogP contribution < -0.4 is 0 Å². The number of quaternary nitrogens is 1. The molecular weight excluding hydrogens is 286 g/mol. The van der Waals surface area contributed by atoms with Gasteiger partial charge in [-0.3, -0.25) is 4.79 Å². The fourth-order valence-corrected chi connectivity index (χ4v) is 5.09. The van der Waals surface area contributed by atoms with Crippen LogP contribution in [0.25, 0.3) is 0 Å². The van der Waals surface area contributed by atoms with E-state index in [0.717, 1.165) is 22.9 Å². The summed E-state index contributed by atoms with van der Waals surface area (Å²) in [5.41, 5.74) is 0.957. The summed E-state index contributed by atoms with van der Waals surface area (Å²) >= 11 is 0. The highest BCUT2D eigenvalue weighted by molar-refractivity contribution is 5.88. The van der Waals surface area contributed by atoms with E-state index in [0.29, 0.717) is 18.1 Å². The second kappa shape index (κ2) is 6.37. The SMILES string of the molecule is CC(C)[N+]1(C)C2CCC1CC(C(=O)C(CO)c1ccccc1)C2. The van der Waals surface area contributed by atoms with Gasteiger partial charge in [0.1, 0.15) is 5.78 Å². The van der Waals surface area contributed by atoms with Gasteiger partial charge in [0.25, 0.3) is 0 Å². The standard InChI is InChI=1S/C20H30NO2/c1-14(2)21(3)17-9-10-18(21)12-16(11-17)20(23)19(13-22)15-7-5-4-6-8-15/h4-8,14,16-19,22H,9-13H2,1-3H3/q+1. The monoisotopic (exact) mass is 316 g/mol. The highest BCUT2D eigenvalue weighted by Crippen LogP contribution is 2.46. The maximum Gasteiger partial charge on any atom is 0.146 e. The van der Waals surface area contributed by atoms with E-state index in [1.165, 1.54) is 12.8 Å².